The van der Waals surface area contributed by atoms with Crippen molar-refractivity contribution < 1.29 is 59.6 Å². The Labute approximate surface area is 59.5 Å². The van der Waals surface area contributed by atoms with E-state index < -0.39 is 0 Å². The molecule has 0 amide bonds. The Balaban J connectivity index is 0. The van der Waals surface area contributed by atoms with E-state index in [1.165, 1.54) is 0 Å². The molecule has 0 aromatic carbocycles. The van der Waals surface area contributed by atoms with Gasteiger partial charge in [0.1, 0.15) is 0 Å². The van der Waals surface area contributed by atoms with Crippen LogP contribution in [0.4, 0.5) is 0 Å². The molecule has 0 saturated heterocycles. The molecule has 0 spiro atoms. The van der Waals surface area contributed by atoms with Gasteiger partial charge < -0.3 is 37.2 Å². The Kier molecular flexibility index (Phi) is 266. The third-order valence-corrected chi connectivity index (χ3v) is 0. The summed E-state index contributed by atoms with van der Waals surface area (Å²) < 4.78 is 0. The van der Waals surface area contributed by atoms with Gasteiger partial charge in [-0.25, -0.2) is 0 Å². The molecular weight excluding hydrogens is 287 g/mol. The van der Waals surface area contributed by atoms with Crippen molar-refractivity contribution in [3.8, 4) is 0 Å². The van der Waals surface area contributed by atoms with Crippen molar-refractivity contribution in [3.05, 3.63) is 0 Å². The fourth-order valence-corrected chi connectivity index (χ4v) is 0. The van der Waals surface area contributed by atoms with Gasteiger partial charge in [0.2, 0.25) is 0 Å². The van der Waals surface area contributed by atoms with Crippen LogP contribution in [0, 0.1) is 0 Å². The van der Waals surface area contributed by atoms with Crippen LogP contribution >= 0.6 is 0 Å². The summed E-state index contributed by atoms with van der Waals surface area (Å²) in [5.74, 6) is 0. The van der Waals surface area contributed by atoms with Crippen LogP contribution in [0.3, 0.4) is 0 Å². The van der Waals surface area contributed by atoms with Gasteiger partial charge in [0, 0.05) is 22.4 Å². The van der Waals surface area contributed by atoms with Crippen LogP contribution < -0.4 is 37.2 Å². The number of halogens is 3. The summed E-state index contributed by atoms with van der Waals surface area (Å²) >= 11 is 0. The molecule has 0 aliphatic heterocycles. The predicted molar refractivity (Wildman–Crippen MR) is 0 cm³/mol. The van der Waals surface area contributed by atoms with Crippen LogP contribution in [-0.2, 0) is 22.4 Å². The number of rotatable bonds is 0. The van der Waals surface area contributed by atoms with Crippen LogP contribution in [0.25, 0.3) is 0 Å². The molecule has 1 radical (unpaired) electrons. The van der Waals surface area contributed by atoms with E-state index in [9.17, 15) is 0 Å². The summed E-state index contributed by atoms with van der Waals surface area (Å²) in [6.07, 6.45) is 0. The number of hydrogen-bond acceptors (Lipinski definition) is 0. The van der Waals surface area contributed by atoms with Gasteiger partial charge in [-0.1, -0.05) is 0 Å². The van der Waals surface area contributed by atoms with E-state index in [0.29, 0.717) is 0 Å². The molecule has 0 fully saturated rings. The zero-order valence-corrected chi connectivity index (χ0v) is 7.06. The second-order valence-corrected chi connectivity index (χ2v) is 0. The maximum atomic E-state index is 0. The van der Waals surface area contributed by atoms with E-state index in [1.54, 1.807) is 0 Å². The standard InChI is InChI=1S/3ClH.Ta/h3*1H;/p-3. The Morgan fingerprint density at radius 1 is 0.500 bits per heavy atom. The Hall–Kier alpha value is 1.61. The van der Waals surface area contributed by atoms with E-state index >= 15 is 0 Å². The molecule has 29 valence electrons. The van der Waals surface area contributed by atoms with Crippen LogP contribution in [-0.4, -0.2) is 0 Å². The summed E-state index contributed by atoms with van der Waals surface area (Å²) in [5.41, 5.74) is 0. The molecule has 0 saturated carbocycles. The third kappa shape index (κ3) is 9.49. The molecule has 0 aliphatic rings. The molecule has 0 nitrogen and oxygen atoms in total. The summed E-state index contributed by atoms with van der Waals surface area (Å²) in [6, 6.07) is 0. The van der Waals surface area contributed by atoms with Gasteiger partial charge in [-0.3, -0.25) is 0 Å². The second-order valence-electron chi connectivity index (χ2n) is 0. The Morgan fingerprint density at radius 2 is 0.500 bits per heavy atom. The second kappa shape index (κ2) is 23.2. The molecule has 0 rings (SSSR count). The number of hydrogen-bond donors (Lipinski definition) is 0. The first-order valence-corrected chi connectivity index (χ1v) is 0. The maximum Gasteiger partial charge on any atom is 0 e. The SMILES string of the molecule is [Cl-].[Cl-].[Cl-].[Ta]. The zero-order valence-electron chi connectivity index (χ0n) is 1.58. The summed E-state index contributed by atoms with van der Waals surface area (Å²) in [5, 5.41) is 0. The first-order valence-electron chi connectivity index (χ1n) is 0. The van der Waals surface area contributed by atoms with Crippen molar-refractivity contribution in [2.75, 3.05) is 0 Å². The molecule has 0 aliphatic carbocycles. The van der Waals surface area contributed by atoms with E-state index in [0.717, 1.165) is 0 Å². The summed E-state index contributed by atoms with van der Waals surface area (Å²) in [6.45, 7) is 0. The topological polar surface area (TPSA) is 0 Å². The Morgan fingerprint density at radius 3 is 0.500 bits per heavy atom. The normalized spacial score (nSPS) is 0. The van der Waals surface area contributed by atoms with Gasteiger partial charge in [0.15, 0.2) is 0 Å². The van der Waals surface area contributed by atoms with Gasteiger partial charge in [-0.05, 0) is 0 Å². The largest absolute Gasteiger partial charge is 1.00 e. The Bertz CT molecular complexity index is 3.25. The average molecular weight is 287 g/mol. The zero-order chi connectivity index (χ0) is 0. The predicted octanol–water partition coefficient (Wildman–Crippen LogP) is -8.99. The van der Waals surface area contributed by atoms with E-state index in [-0.39, 0.29) is 59.6 Å². The van der Waals surface area contributed by atoms with E-state index in [4.69, 9.17) is 0 Å². The van der Waals surface area contributed by atoms with Crippen molar-refractivity contribution in [1.82, 2.24) is 0 Å². The summed E-state index contributed by atoms with van der Waals surface area (Å²) in [7, 11) is 0. The van der Waals surface area contributed by atoms with Gasteiger partial charge in [0.05, 0.1) is 0 Å². The molecule has 0 aromatic rings. The first-order chi connectivity index (χ1) is 0. The average Bonchev–Trinajstić information content (AvgIpc) is 0. The van der Waals surface area contributed by atoms with Gasteiger partial charge >= 0.3 is 0 Å². The smallest absolute Gasteiger partial charge is 0 e. The van der Waals surface area contributed by atoms with Crippen molar-refractivity contribution >= 4 is 0 Å². The quantitative estimate of drug-likeness (QED) is 0.415. The van der Waals surface area contributed by atoms with Crippen molar-refractivity contribution in [3.63, 3.8) is 0 Å². The molecule has 0 unspecified atom stereocenters. The van der Waals surface area contributed by atoms with Gasteiger partial charge in [-0.15, -0.1) is 0 Å². The molecular formula is Cl3Ta-3. The van der Waals surface area contributed by atoms with Crippen molar-refractivity contribution in [2.24, 2.45) is 0 Å². The third-order valence-electron chi connectivity index (χ3n) is 0. The molecule has 0 aromatic heterocycles. The van der Waals surface area contributed by atoms with E-state index in [2.05, 4.69) is 0 Å². The van der Waals surface area contributed by atoms with Crippen LogP contribution in [0.1, 0.15) is 0 Å². The molecule has 4 heavy (non-hydrogen) atoms. The van der Waals surface area contributed by atoms with Crippen LogP contribution in [0.15, 0.2) is 0 Å². The molecule has 0 heterocycles. The van der Waals surface area contributed by atoms with Crippen molar-refractivity contribution in [1.29, 1.82) is 0 Å². The monoisotopic (exact) mass is 286 g/mol. The molecule has 0 bridgehead atoms. The van der Waals surface area contributed by atoms with Gasteiger partial charge in [-0.2, -0.15) is 0 Å². The van der Waals surface area contributed by atoms with Crippen LogP contribution in [0.2, 0.25) is 0 Å². The minimum Gasteiger partial charge on any atom is -1.00 e. The van der Waals surface area contributed by atoms with Crippen LogP contribution in [0.5, 0.6) is 0 Å². The first kappa shape index (κ1) is 46.0. The minimum absolute atomic E-state index is 0. The molecule has 0 N–H and O–H groups in total. The van der Waals surface area contributed by atoms with E-state index in [1.807, 2.05) is 0 Å². The maximum absolute atomic E-state index is 0. The fraction of sp³-hybridized carbons (Fsp3) is 0. The molecule has 4 heteroatoms. The minimum atomic E-state index is 0. The van der Waals surface area contributed by atoms with Crippen molar-refractivity contribution in [2.45, 2.75) is 0 Å². The summed E-state index contributed by atoms with van der Waals surface area (Å²) in [4.78, 5) is 0. The fourth-order valence-electron chi connectivity index (χ4n) is 0. The molecule has 0 atom stereocenters. The van der Waals surface area contributed by atoms with Gasteiger partial charge in [0.25, 0.3) is 0 Å².